The minimum atomic E-state index is -3.89. The number of aliphatic hydroxyl groups is 1. The number of aliphatic hydroxyl groups excluding tert-OH is 1. The number of likely N-dealkylation sites (N-methyl/N-ethyl adjacent to an activating group) is 1. The molecule has 1 atom stereocenters. The highest BCUT2D eigenvalue weighted by atomic mass is 32.2. The highest BCUT2D eigenvalue weighted by molar-refractivity contribution is 7.89. The lowest BCUT2D eigenvalue weighted by molar-refractivity contribution is -0.136. The first-order chi connectivity index (χ1) is 20.3. The van der Waals surface area contributed by atoms with E-state index in [-0.39, 0.29) is 36.4 Å². The lowest BCUT2D eigenvalue weighted by Crippen LogP contribution is -2.47. The normalized spacial score (nSPS) is 14.7. The molecule has 7 nitrogen and oxygen atoms in total. The number of carbonyl (C=O) groups is 1. The summed E-state index contributed by atoms with van der Waals surface area (Å²) < 4.78 is 42.9. The van der Waals surface area contributed by atoms with Crippen LogP contribution in [-0.4, -0.2) is 60.7 Å². The Kier molecular flexibility index (Phi) is 10.4. The number of carboxylic acid groups (broad SMARTS) is 1. The number of carboxylic acids is 1. The van der Waals surface area contributed by atoms with Gasteiger partial charge in [-0.2, -0.15) is 4.31 Å². The number of hydrogen-bond donors (Lipinski definition) is 3. The number of halogens is 1. The summed E-state index contributed by atoms with van der Waals surface area (Å²) in [5.74, 6) is -0.953. The summed E-state index contributed by atoms with van der Waals surface area (Å²) in [6.45, 7) is 6.30. The number of aryl methyl sites for hydroxylation is 2. The predicted octanol–water partition coefficient (Wildman–Crippen LogP) is 5.23. The zero-order valence-corrected chi connectivity index (χ0v) is 26.3. The molecule has 0 spiro atoms. The number of β-amino-alcohol motifs (C(OH)–C–C–N with tert-alkyl or cyclic N) is 1. The van der Waals surface area contributed by atoms with Crippen molar-refractivity contribution < 1.29 is 27.8 Å². The van der Waals surface area contributed by atoms with Crippen LogP contribution in [0.25, 0.3) is 11.1 Å². The minimum Gasteiger partial charge on any atom is -0.481 e. The molecule has 43 heavy (non-hydrogen) atoms. The second-order valence-electron chi connectivity index (χ2n) is 12.3. The molecule has 0 fully saturated rings. The number of hydrogen-bond acceptors (Lipinski definition) is 5. The quantitative estimate of drug-likeness (QED) is 0.231. The van der Waals surface area contributed by atoms with Crippen LogP contribution in [0.4, 0.5) is 4.39 Å². The van der Waals surface area contributed by atoms with Gasteiger partial charge in [-0.1, -0.05) is 49.4 Å². The Balaban J connectivity index is 1.37. The number of aliphatic carboxylic acids is 1. The number of fused-ring (bicyclic) bond motifs is 1. The predicted molar refractivity (Wildman–Crippen MR) is 167 cm³/mol. The Labute approximate surface area is 254 Å². The number of rotatable bonds is 14. The Morgan fingerprint density at radius 1 is 1.05 bits per heavy atom. The Hall–Kier alpha value is -3.11. The average molecular weight is 611 g/mol. The third-order valence-corrected chi connectivity index (χ3v) is 10.3. The van der Waals surface area contributed by atoms with Gasteiger partial charge in [0.05, 0.1) is 11.0 Å². The molecule has 3 aromatic carbocycles. The van der Waals surface area contributed by atoms with E-state index < -0.39 is 27.9 Å². The molecule has 1 aliphatic rings. The first-order valence-corrected chi connectivity index (χ1v) is 16.3. The largest absolute Gasteiger partial charge is 0.481 e. The van der Waals surface area contributed by atoms with E-state index in [0.717, 1.165) is 19.3 Å². The van der Waals surface area contributed by atoms with Crippen molar-refractivity contribution in [2.45, 2.75) is 75.8 Å². The number of sulfonamides is 1. The summed E-state index contributed by atoms with van der Waals surface area (Å²) in [5.41, 5.74) is 4.76. The van der Waals surface area contributed by atoms with Gasteiger partial charge in [-0.05, 0) is 103 Å². The van der Waals surface area contributed by atoms with Crippen LogP contribution in [0.1, 0.15) is 55.9 Å². The molecule has 0 heterocycles. The smallest absolute Gasteiger partial charge is 0.303 e. The van der Waals surface area contributed by atoms with E-state index in [9.17, 15) is 22.7 Å². The summed E-state index contributed by atoms with van der Waals surface area (Å²) in [6.07, 6.45) is 2.54. The maximum atomic E-state index is 14.6. The molecule has 0 radical (unpaired) electrons. The zero-order chi connectivity index (χ0) is 31.4. The van der Waals surface area contributed by atoms with Gasteiger partial charge in [-0.3, -0.25) is 4.79 Å². The molecular formula is C34H43FN2O5S. The van der Waals surface area contributed by atoms with Crippen molar-refractivity contribution in [3.8, 4) is 11.1 Å². The fourth-order valence-electron chi connectivity index (χ4n) is 6.07. The van der Waals surface area contributed by atoms with Gasteiger partial charge >= 0.3 is 5.97 Å². The summed E-state index contributed by atoms with van der Waals surface area (Å²) in [7, 11) is -2.42. The summed E-state index contributed by atoms with van der Waals surface area (Å²) >= 11 is 0. The topological polar surface area (TPSA) is 107 Å². The second kappa shape index (κ2) is 13.7. The molecule has 4 rings (SSSR count). The third kappa shape index (κ3) is 8.29. The van der Waals surface area contributed by atoms with Crippen LogP contribution < -0.4 is 5.32 Å². The maximum Gasteiger partial charge on any atom is 0.303 e. The van der Waals surface area contributed by atoms with Gasteiger partial charge in [0, 0.05) is 32.1 Å². The number of nitrogens with zero attached hydrogens (tertiary/aromatic N) is 1. The van der Waals surface area contributed by atoms with Gasteiger partial charge < -0.3 is 15.5 Å². The molecule has 0 amide bonds. The number of benzene rings is 3. The SMILES string of the molecule is CCc1cc(-c2ccc(CCC(=O)O)c(F)c2)ccc1S(=O)(=O)N(C)C[C@H](O)CNC(C)(C)CC1Cc2ccccc2C1. The molecular weight excluding hydrogens is 567 g/mol. The van der Waals surface area contributed by atoms with Crippen molar-refractivity contribution in [3.63, 3.8) is 0 Å². The molecule has 9 heteroatoms. The van der Waals surface area contributed by atoms with E-state index >= 15 is 0 Å². The fraction of sp³-hybridized carbons (Fsp3) is 0.441. The molecule has 0 unspecified atom stereocenters. The lowest BCUT2D eigenvalue weighted by Gasteiger charge is -2.31. The van der Waals surface area contributed by atoms with Crippen LogP contribution in [-0.2, 0) is 40.5 Å². The van der Waals surface area contributed by atoms with Crippen LogP contribution in [0.5, 0.6) is 0 Å². The number of nitrogens with one attached hydrogen (secondary N) is 1. The summed E-state index contributed by atoms with van der Waals surface area (Å²) in [5, 5.41) is 23.1. The molecule has 0 saturated heterocycles. The first kappa shape index (κ1) is 32.8. The molecule has 0 aromatic heterocycles. The molecule has 3 aromatic rings. The standard InChI is InChI=1S/C34H43FN2O5S/c1-5-24-18-28(29-11-10-25(31(35)19-29)13-15-33(39)40)12-14-32(24)43(41,42)37(4)22-30(38)21-36-34(2,3)20-23-16-26-8-6-7-9-27(26)17-23/h6-12,14,18-19,23,30,36,38H,5,13,15-17,20-22H2,1-4H3,(H,39,40)/t30-/m1/s1. The summed E-state index contributed by atoms with van der Waals surface area (Å²) in [6, 6.07) is 18.1. The third-order valence-electron chi connectivity index (χ3n) is 8.34. The maximum absolute atomic E-state index is 14.6. The van der Waals surface area contributed by atoms with Crippen LogP contribution in [0, 0.1) is 11.7 Å². The van der Waals surface area contributed by atoms with Crippen molar-refractivity contribution in [3.05, 3.63) is 88.7 Å². The molecule has 0 bridgehead atoms. The highest BCUT2D eigenvalue weighted by Gasteiger charge is 2.30. The van der Waals surface area contributed by atoms with Crippen LogP contribution in [0.2, 0.25) is 0 Å². The summed E-state index contributed by atoms with van der Waals surface area (Å²) in [4.78, 5) is 11.0. The monoisotopic (exact) mass is 610 g/mol. The molecule has 232 valence electrons. The van der Waals surface area contributed by atoms with Crippen molar-refractivity contribution in [2.24, 2.45) is 5.92 Å². The molecule has 0 saturated carbocycles. The average Bonchev–Trinajstić information content (AvgIpc) is 3.36. The van der Waals surface area contributed by atoms with Crippen molar-refractivity contribution >= 4 is 16.0 Å². The van der Waals surface area contributed by atoms with E-state index in [0.29, 0.717) is 34.6 Å². The molecule has 3 N–H and O–H groups in total. The van der Waals surface area contributed by atoms with E-state index in [1.807, 2.05) is 6.92 Å². The van der Waals surface area contributed by atoms with Gasteiger partial charge in [-0.15, -0.1) is 0 Å². The van der Waals surface area contributed by atoms with Gasteiger partial charge in [0.15, 0.2) is 0 Å². The van der Waals surface area contributed by atoms with E-state index in [1.165, 1.54) is 34.6 Å². The van der Waals surface area contributed by atoms with E-state index in [4.69, 9.17) is 5.11 Å². The lowest BCUT2D eigenvalue weighted by atomic mass is 9.88. The van der Waals surface area contributed by atoms with Gasteiger partial charge in [-0.25, -0.2) is 12.8 Å². The molecule has 0 aliphatic heterocycles. The Bertz CT molecular complexity index is 1530. The van der Waals surface area contributed by atoms with Gasteiger partial charge in [0.25, 0.3) is 0 Å². The van der Waals surface area contributed by atoms with E-state index in [1.54, 1.807) is 24.3 Å². The van der Waals surface area contributed by atoms with Crippen molar-refractivity contribution in [2.75, 3.05) is 20.1 Å². The van der Waals surface area contributed by atoms with Crippen molar-refractivity contribution in [1.82, 2.24) is 9.62 Å². The minimum absolute atomic E-state index is 0.0613. The van der Waals surface area contributed by atoms with E-state index in [2.05, 4.69) is 43.4 Å². The van der Waals surface area contributed by atoms with Gasteiger partial charge in [0.1, 0.15) is 5.82 Å². The Morgan fingerprint density at radius 2 is 1.67 bits per heavy atom. The Morgan fingerprint density at radius 3 is 2.28 bits per heavy atom. The van der Waals surface area contributed by atoms with Gasteiger partial charge in [0.2, 0.25) is 10.0 Å². The first-order valence-electron chi connectivity index (χ1n) is 14.9. The fourth-order valence-corrected chi connectivity index (χ4v) is 7.55. The van der Waals surface area contributed by atoms with Crippen LogP contribution in [0.15, 0.2) is 65.6 Å². The molecule has 1 aliphatic carbocycles. The van der Waals surface area contributed by atoms with Crippen LogP contribution in [0.3, 0.4) is 0 Å². The van der Waals surface area contributed by atoms with Crippen LogP contribution >= 0.6 is 0 Å². The zero-order valence-electron chi connectivity index (χ0n) is 25.4. The highest BCUT2D eigenvalue weighted by Crippen LogP contribution is 2.32. The van der Waals surface area contributed by atoms with Crippen molar-refractivity contribution in [1.29, 1.82) is 0 Å². The second-order valence-corrected chi connectivity index (χ2v) is 14.3.